The maximum Gasteiger partial charge on any atom is 0.181 e. The Hall–Kier alpha value is -1.73. The van der Waals surface area contributed by atoms with Crippen molar-refractivity contribution in [2.75, 3.05) is 0 Å². The van der Waals surface area contributed by atoms with Crippen molar-refractivity contribution in [2.45, 2.75) is 35.8 Å². The summed E-state index contributed by atoms with van der Waals surface area (Å²) in [6.07, 6.45) is 3.52. The highest BCUT2D eigenvalue weighted by atomic mass is 79.9. The molecule has 1 aromatic heterocycles. The summed E-state index contributed by atoms with van der Waals surface area (Å²) in [6.45, 7) is 0. The molecule has 1 aliphatic rings. The van der Waals surface area contributed by atoms with Crippen LogP contribution in [-0.4, -0.2) is 24.4 Å². The third-order valence-electron chi connectivity index (χ3n) is 5.10. The first-order valence-electron chi connectivity index (χ1n) is 9.68. The first-order valence-corrected chi connectivity index (χ1v) is 12.8. The van der Waals surface area contributed by atoms with Crippen LogP contribution in [0.15, 0.2) is 64.1 Å². The Kier molecular flexibility index (Phi) is 6.54. The molecule has 160 valence electrons. The number of aromatic nitrogens is 1. The van der Waals surface area contributed by atoms with E-state index in [1.807, 2.05) is 6.07 Å². The summed E-state index contributed by atoms with van der Waals surface area (Å²) in [5.41, 5.74) is 2.75. The Balaban J connectivity index is 1.51. The topological polar surface area (TPSA) is 64.1 Å². The molecular weight excluding hydrogens is 521 g/mol. The third-order valence-corrected chi connectivity index (χ3v) is 8.45. The normalized spacial score (nSPS) is 13.9. The number of ketones is 1. The standard InChI is InChI=1S/C23H18BrCl2NO3S/c24-16-3-4-17(27-13-16)12-18(28)9-14-10-21(25)23(22(26)11-14)15-1-5-19(6-2-15)31(29,30)20-7-8-20/h1-6,10-11,13,20H,7-9,12H2. The second-order valence-corrected chi connectivity index (χ2v) is 11.5. The lowest BCUT2D eigenvalue weighted by atomic mass is 10.0. The van der Waals surface area contributed by atoms with Gasteiger partial charge in [0.15, 0.2) is 9.84 Å². The fraction of sp³-hybridized carbons (Fsp3) is 0.217. The summed E-state index contributed by atoms with van der Waals surface area (Å²) in [5.74, 6) is 0.00402. The number of Topliss-reactive ketones (excluding diaryl/α,β-unsaturated/α-hetero) is 1. The van der Waals surface area contributed by atoms with E-state index in [0.29, 0.717) is 31.8 Å². The quantitative estimate of drug-likeness (QED) is 0.364. The molecule has 0 radical (unpaired) electrons. The average molecular weight is 539 g/mol. The summed E-state index contributed by atoms with van der Waals surface area (Å²) in [5, 5.41) is 0.569. The van der Waals surface area contributed by atoms with Crippen LogP contribution in [0, 0.1) is 0 Å². The van der Waals surface area contributed by atoms with Crippen molar-refractivity contribution in [1.82, 2.24) is 4.98 Å². The second-order valence-electron chi connectivity index (χ2n) is 7.56. The summed E-state index contributed by atoms with van der Waals surface area (Å²) in [4.78, 5) is 17.0. The van der Waals surface area contributed by atoms with Crippen molar-refractivity contribution < 1.29 is 13.2 Å². The number of hydrogen-bond donors (Lipinski definition) is 0. The summed E-state index contributed by atoms with van der Waals surface area (Å²) < 4.78 is 25.6. The summed E-state index contributed by atoms with van der Waals surface area (Å²) >= 11 is 16.3. The zero-order valence-electron chi connectivity index (χ0n) is 16.3. The largest absolute Gasteiger partial charge is 0.299 e. The van der Waals surface area contributed by atoms with Crippen molar-refractivity contribution in [3.05, 3.63) is 80.5 Å². The Bertz CT molecular complexity index is 1220. The fourth-order valence-electron chi connectivity index (χ4n) is 3.39. The van der Waals surface area contributed by atoms with E-state index < -0.39 is 9.84 Å². The van der Waals surface area contributed by atoms with Gasteiger partial charge in [0.1, 0.15) is 5.78 Å². The van der Waals surface area contributed by atoms with Gasteiger partial charge in [-0.1, -0.05) is 35.3 Å². The number of carbonyl (C=O) groups is 1. The van der Waals surface area contributed by atoms with E-state index in [1.165, 1.54) is 0 Å². The van der Waals surface area contributed by atoms with Crippen LogP contribution in [0.5, 0.6) is 0 Å². The maximum atomic E-state index is 12.4. The van der Waals surface area contributed by atoms with Gasteiger partial charge >= 0.3 is 0 Å². The first kappa shape index (κ1) is 22.5. The lowest BCUT2D eigenvalue weighted by Gasteiger charge is -2.11. The predicted octanol–water partition coefficient (Wildman–Crippen LogP) is 6.11. The molecule has 0 aliphatic heterocycles. The summed E-state index contributed by atoms with van der Waals surface area (Å²) in [7, 11) is -3.24. The SMILES string of the molecule is O=C(Cc1cc(Cl)c(-c2ccc(S(=O)(=O)C3CC3)cc2)c(Cl)c1)Cc1ccc(Br)cn1. The Morgan fingerprint density at radius 2 is 1.65 bits per heavy atom. The van der Waals surface area contributed by atoms with E-state index in [-0.39, 0.29) is 23.9 Å². The highest BCUT2D eigenvalue weighted by Crippen LogP contribution is 2.38. The van der Waals surface area contributed by atoms with Crippen molar-refractivity contribution in [3.63, 3.8) is 0 Å². The van der Waals surface area contributed by atoms with Gasteiger partial charge < -0.3 is 0 Å². The molecule has 8 heteroatoms. The molecule has 1 heterocycles. The van der Waals surface area contributed by atoms with Crippen molar-refractivity contribution in [1.29, 1.82) is 0 Å². The molecule has 0 atom stereocenters. The smallest absolute Gasteiger partial charge is 0.181 e. The molecule has 1 saturated carbocycles. The Labute approximate surface area is 199 Å². The number of carbonyl (C=O) groups excluding carboxylic acids is 1. The van der Waals surface area contributed by atoms with Crippen LogP contribution in [-0.2, 0) is 27.5 Å². The maximum absolute atomic E-state index is 12.4. The average Bonchev–Trinajstić information content (AvgIpc) is 3.55. The molecule has 0 unspecified atom stereocenters. The van der Waals surface area contributed by atoms with E-state index >= 15 is 0 Å². The van der Waals surface area contributed by atoms with Gasteiger partial charge in [-0.3, -0.25) is 9.78 Å². The Morgan fingerprint density at radius 1 is 1.00 bits per heavy atom. The lowest BCUT2D eigenvalue weighted by Crippen LogP contribution is -2.08. The molecule has 0 amide bonds. The summed E-state index contributed by atoms with van der Waals surface area (Å²) in [6, 6.07) is 13.7. The number of hydrogen-bond acceptors (Lipinski definition) is 4. The monoisotopic (exact) mass is 537 g/mol. The predicted molar refractivity (Wildman–Crippen MR) is 126 cm³/mol. The van der Waals surface area contributed by atoms with E-state index in [4.69, 9.17) is 23.2 Å². The number of halogens is 3. The number of nitrogens with zero attached hydrogens (tertiary/aromatic N) is 1. The molecule has 0 saturated heterocycles. The van der Waals surface area contributed by atoms with Gasteiger partial charge in [0.05, 0.1) is 20.2 Å². The number of rotatable bonds is 7. The molecule has 31 heavy (non-hydrogen) atoms. The van der Waals surface area contributed by atoms with E-state index in [9.17, 15) is 13.2 Å². The van der Waals surface area contributed by atoms with Gasteiger partial charge in [0.25, 0.3) is 0 Å². The van der Waals surface area contributed by atoms with Gasteiger partial charge in [-0.25, -0.2) is 8.42 Å². The van der Waals surface area contributed by atoms with Crippen LogP contribution >= 0.6 is 39.1 Å². The minimum atomic E-state index is -3.24. The molecule has 1 fully saturated rings. The minimum absolute atomic E-state index is 0.00402. The van der Waals surface area contributed by atoms with Crippen LogP contribution in [0.25, 0.3) is 11.1 Å². The van der Waals surface area contributed by atoms with Crippen LogP contribution in [0.3, 0.4) is 0 Å². The zero-order chi connectivity index (χ0) is 22.2. The van der Waals surface area contributed by atoms with Gasteiger partial charge in [-0.05, 0) is 76.3 Å². The van der Waals surface area contributed by atoms with Crippen LogP contribution < -0.4 is 0 Å². The lowest BCUT2D eigenvalue weighted by molar-refractivity contribution is -0.117. The molecule has 0 N–H and O–H groups in total. The van der Waals surface area contributed by atoms with E-state index in [1.54, 1.807) is 48.7 Å². The molecule has 0 spiro atoms. The highest BCUT2D eigenvalue weighted by molar-refractivity contribution is 9.10. The first-order chi connectivity index (χ1) is 14.7. The fourth-order valence-corrected chi connectivity index (χ4v) is 6.03. The van der Waals surface area contributed by atoms with E-state index in [0.717, 1.165) is 22.9 Å². The van der Waals surface area contributed by atoms with E-state index in [2.05, 4.69) is 20.9 Å². The van der Waals surface area contributed by atoms with Gasteiger partial charge in [0.2, 0.25) is 0 Å². The molecule has 1 aliphatic carbocycles. The zero-order valence-corrected chi connectivity index (χ0v) is 20.2. The number of sulfone groups is 1. The molecular formula is C23H18BrCl2NO3S. The third kappa shape index (κ3) is 5.20. The molecule has 0 bridgehead atoms. The van der Waals surface area contributed by atoms with Crippen molar-refractivity contribution >= 4 is 54.8 Å². The van der Waals surface area contributed by atoms with Crippen LogP contribution in [0.4, 0.5) is 0 Å². The highest BCUT2D eigenvalue weighted by Gasteiger charge is 2.36. The van der Waals surface area contributed by atoms with Gasteiger partial charge in [-0.15, -0.1) is 0 Å². The Morgan fingerprint density at radius 3 is 2.19 bits per heavy atom. The van der Waals surface area contributed by atoms with Crippen molar-refractivity contribution in [3.8, 4) is 11.1 Å². The molecule has 2 aromatic carbocycles. The van der Waals surface area contributed by atoms with Crippen molar-refractivity contribution in [2.24, 2.45) is 0 Å². The van der Waals surface area contributed by atoms with Crippen LogP contribution in [0.1, 0.15) is 24.1 Å². The number of benzene rings is 2. The second kappa shape index (κ2) is 9.02. The molecule has 4 rings (SSSR count). The van der Waals surface area contributed by atoms with Gasteiger partial charge in [-0.2, -0.15) is 0 Å². The van der Waals surface area contributed by atoms with Crippen LogP contribution in [0.2, 0.25) is 10.0 Å². The number of pyridine rings is 1. The minimum Gasteiger partial charge on any atom is -0.299 e. The molecule has 4 nitrogen and oxygen atoms in total. The molecule has 3 aromatic rings. The van der Waals surface area contributed by atoms with Gasteiger partial charge in [0, 0.05) is 34.8 Å².